The molecular weight excluding hydrogens is 192 g/mol. The van der Waals surface area contributed by atoms with E-state index in [1.807, 2.05) is 7.05 Å². The number of likely N-dealkylation sites (N-methyl/N-ethyl adjacent to an activating group) is 1. The molecule has 1 atom stereocenters. The summed E-state index contributed by atoms with van der Waals surface area (Å²) in [6, 6.07) is 0. The van der Waals surface area contributed by atoms with E-state index < -0.39 is 11.5 Å². The Morgan fingerprint density at radius 1 is 1.60 bits per heavy atom. The zero-order valence-electron chi connectivity index (χ0n) is 9.92. The maximum atomic E-state index is 11.2. The molecule has 88 valence electrons. The van der Waals surface area contributed by atoms with Crippen LogP contribution in [-0.4, -0.2) is 48.2 Å². The average molecular weight is 214 g/mol. The van der Waals surface area contributed by atoms with Crippen LogP contribution in [0.2, 0.25) is 0 Å². The van der Waals surface area contributed by atoms with Gasteiger partial charge in [0.1, 0.15) is 5.54 Å². The van der Waals surface area contributed by atoms with E-state index in [4.69, 9.17) is 0 Å². The fraction of sp³-hybridized carbons (Fsp3) is 0.909. The lowest BCUT2D eigenvalue weighted by molar-refractivity contribution is -0.145. The minimum absolute atomic E-state index is 0.321. The van der Waals surface area contributed by atoms with Crippen LogP contribution in [0.1, 0.15) is 26.7 Å². The monoisotopic (exact) mass is 214 g/mol. The van der Waals surface area contributed by atoms with Crippen LogP contribution in [0, 0.1) is 5.92 Å². The fourth-order valence-electron chi connectivity index (χ4n) is 1.72. The summed E-state index contributed by atoms with van der Waals surface area (Å²) in [5.74, 6) is -0.397. The molecule has 1 unspecified atom stereocenters. The van der Waals surface area contributed by atoms with Crippen molar-refractivity contribution in [2.75, 3.05) is 26.7 Å². The number of nitrogens with one attached hydrogen (secondary N) is 1. The van der Waals surface area contributed by atoms with Gasteiger partial charge in [0.2, 0.25) is 0 Å². The lowest BCUT2D eigenvalue weighted by Crippen LogP contribution is -2.53. The van der Waals surface area contributed by atoms with E-state index >= 15 is 0 Å². The first kappa shape index (κ1) is 12.5. The van der Waals surface area contributed by atoms with E-state index in [2.05, 4.69) is 17.1 Å². The van der Waals surface area contributed by atoms with E-state index in [0.717, 1.165) is 32.5 Å². The third-order valence-corrected chi connectivity index (χ3v) is 3.36. The van der Waals surface area contributed by atoms with Crippen molar-refractivity contribution >= 4 is 5.97 Å². The molecule has 1 saturated carbocycles. The lowest BCUT2D eigenvalue weighted by Gasteiger charge is -2.27. The van der Waals surface area contributed by atoms with Crippen molar-refractivity contribution < 1.29 is 9.90 Å². The van der Waals surface area contributed by atoms with Crippen LogP contribution in [-0.2, 0) is 4.79 Å². The van der Waals surface area contributed by atoms with Gasteiger partial charge in [-0.3, -0.25) is 4.79 Å². The second-order valence-electron chi connectivity index (χ2n) is 4.60. The normalized spacial score (nSPS) is 20.3. The standard InChI is InChI=1S/C11H22N2O2/c1-4-13(3)8-7-12-11(2,10(14)15)9-5-6-9/h9,12H,4-8H2,1-3H3,(H,14,15). The molecule has 0 heterocycles. The zero-order chi connectivity index (χ0) is 11.5. The van der Waals surface area contributed by atoms with Gasteiger partial charge in [0.15, 0.2) is 0 Å². The first-order chi connectivity index (χ1) is 7.00. The number of carboxylic acid groups (broad SMARTS) is 1. The largest absolute Gasteiger partial charge is 0.480 e. The molecule has 1 aliphatic rings. The highest BCUT2D eigenvalue weighted by Gasteiger charge is 2.46. The van der Waals surface area contributed by atoms with Gasteiger partial charge in [0.05, 0.1) is 0 Å². The van der Waals surface area contributed by atoms with Crippen molar-refractivity contribution in [3.8, 4) is 0 Å². The Labute approximate surface area is 91.6 Å². The Balaban J connectivity index is 2.36. The molecule has 1 fully saturated rings. The molecule has 0 amide bonds. The van der Waals surface area contributed by atoms with E-state index in [1.54, 1.807) is 6.92 Å². The van der Waals surface area contributed by atoms with Gasteiger partial charge < -0.3 is 15.3 Å². The summed E-state index contributed by atoms with van der Waals surface area (Å²) < 4.78 is 0. The molecule has 0 aliphatic heterocycles. The van der Waals surface area contributed by atoms with Crippen LogP contribution in [0.5, 0.6) is 0 Å². The molecule has 0 spiro atoms. The second-order valence-corrected chi connectivity index (χ2v) is 4.60. The number of carboxylic acids is 1. The third kappa shape index (κ3) is 3.18. The Morgan fingerprint density at radius 3 is 2.60 bits per heavy atom. The van der Waals surface area contributed by atoms with Gasteiger partial charge >= 0.3 is 5.97 Å². The number of rotatable bonds is 7. The van der Waals surface area contributed by atoms with Crippen molar-refractivity contribution in [1.82, 2.24) is 10.2 Å². The third-order valence-electron chi connectivity index (χ3n) is 3.36. The Kier molecular flexibility index (Phi) is 4.11. The number of carbonyl (C=O) groups is 1. The second kappa shape index (κ2) is 4.94. The predicted octanol–water partition coefficient (Wildman–Crippen LogP) is 0.781. The minimum Gasteiger partial charge on any atom is -0.480 e. The van der Waals surface area contributed by atoms with E-state index in [1.165, 1.54) is 0 Å². The molecule has 15 heavy (non-hydrogen) atoms. The molecule has 0 aromatic carbocycles. The van der Waals surface area contributed by atoms with Crippen molar-refractivity contribution in [2.24, 2.45) is 5.92 Å². The van der Waals surface area contributed by atoms with Crippen molar-refractivity contribution in [1.29, 1.82) is 0 Å². The fourth-order valence-corrected chi connectivity index (χ4v) is 1.72. The SMILES string of the molecule is CCN(C)CCNC(C)(C(=O)O)C1CC1. The molecule has 0 aromatic rings. The lowest BCUT2D eigenvalue weighted by atomic mass is 9.96. The maximum absolute atomic E-state index is 11.2. The molecule has 0 bridgehead atoms. The molecule has 2 N–H and O–H groups in total. The first-order valence-corrected chi connectivity index (χ1v) is 5.67. The van der Waals surface area contributed by atoms with E-state index in [-0.39, 0.29) is 0 Å². The van der Waals surface area contributed by atoms with Gasteiger partial charge in [0, 0.05) is 13.1 Å². The molecule has 1 aliphatic carbocycles. The highest BCUT2D eigenvalue weighted by atomic mass is 16.4. The molecule has 0 saturated heterocycles. The van der Waals surface area contributed by atoms with Gasteiger partial charge in [-0.1, -0.05) is 6.92 Å². The predicted molar refractivity (Wildman–Crippen MR) is 59.9 cm³/mol. The summed E-state index contributed by atoms with van der Waals surface area (Å²) in [6.07, 6.45) is 2.08. The summed E-state index contributed by atoms with van der Waals surface area (Å²) in [6.45, 7) is 6.53. The zero-order valence-corrected chi connectivity index (χ0v) is 9.92. The van der Waals surface area contributed by atoms with Gasteiger partial charge in [-0.2, -0.15) is 0 Å². The average Bonchev–Trinajstić information content (AvgIpc) is 3.00. The molecule has 4 heteroatoms. The number of aliphatic carboxylic acids is 1. The van der Waals surface area contributed by atoms with Gasteiger partial charge in [-0.05, 0) is 39.3 Å². The first-order valence-electron chi connectivity index (χ1n) is 5.67. The number of nitrogens with zero attached hydrogens (tertiary/aromatic N) is 1. The van der Waals surface area contributed by atoms with Gasteiger partial charge in [-0.25, -0.2) is 0 Å². The van der Waals surface area contributed by atoms with Crippen LogP contribution in [0.4, 0.5) is 0 Å². The van der Waals surface area contributed by atoms with Crippen LogP contribution < -0.4 is 5.32 Å². The molecule has 1 rings (SSSR count). The van der Waals surface area contributed by atoms with Crippen molar-refractivity contribution in [3.63, 3.8) is 0 Å². The van der Waals surface area contributed by atoms with Crippen molar-refractivity contribution in [2.45, 2.75) is 32.2 Å². The summed E-state index contributed by atoms with van der Waals surface area (Å²) in [4.78, 5) is 13.3. The van der Waals surface area contributed by atoms with E-state index in [0.29, 0.717) is 5.92 Å². The van der Waals surface area contributed by atoms with E-state index in [9.17, 15) is 9.90 Å². The summed E-state index contributed by atoms with van der Waals surface area (Å²) in [5.41, 5.74) is -0.714. The van der Waals surface area contributed by atoms with Crippen LogP contribution in [0.3, 0.4) is 0 Å². The summed E-state index contributed by atoms with van der Waals surface area (Å²) in [5, 5.41) is 12.4. The molecule has 4 nitrogen and oxygen atoms in total. The number of hydrogen-bond donors (Lipinski definition) is 2. The van der Waals surface area contributed by atoms with Crippen molar-refractivity contribution in [3.05, 3.63) is 0 Å². The summed E-state index contributed by atoms with van der Waals surface area (Å²) >= 11 is 0. The highest BCUT2D eigenvalue weighted by molar-refractivity contribution is 5.79. The topological polar surface area (TPSA) is 52.6 Å². The summed E-state index contributed by atoms with van der Waals surface area (Å²) in [7, 11) is 2.04. The van der Waals surface area contributed by atoms with Crippen LogP contribution in [0.25, 0.3) is 0 Å². The van der Waals surface area contributed by atoms with Crippen LogP contribution >= 0.6 is 0 Å². The molecular formula is C11H22N2O2. The van der Waals surface area contributed by atoms with Gasteiger partial charge in [-0.15, -0.1) is 0 Å². The molecule has 0 aromatic heterocycles. The maximum Gasteiger partial charge on any atom is 0.323 e. The highest BCUT2D eigenvalue weighted by Crippen LogP contribution is 2.39. The minimum atomic E-state index is -0.718. The Bertz CT molecular complexity index is 229. The molecule has 0 radical (unpaired) electrons. The van der Waals surface area contributed by atoms with Crippen LogP contribution in [0.15, 0.2) is 0 Å². The number of hydrogen-bond acceptors (Lipinski definition) is 3. The Morgan fingerprint density at radius 2 is 2.20 bits per heavy atom. The Hall–Kier alpha value is -0.610. The quantitative estimate of drug-likeness (QED) is 0.657. The van der Waals surface area contributed by atoms with Gasteiger partial charge in [0.25, 0.3) is 0 Å². The smallest absolute Gasteiger partial charge is 0.323 e.